The Kier molecular flexibility index (Phi) is 5.54. The Morgan fingerprint density at radius 3 is 2.47 bits per heavy atom. The molecule has 32 heavy (non-hydrogen) atoms. The number of hydrazine groups is 1. The van der Waals surface area contributed by atoms with Gasteiger partial charge in [0.15, 0.2) is 5.60 Å². The van der Waals surface area contributed by atoms with Crippen molar-refractivity contribution in [3.63, 3.8) is 0 Å². The summed E-state index contributed by atoms with van der Waals surface area (Å²) in [6.45, 7) is 6.25. The van der Waals surface area contributed by atoms with E-state index in [9.17, 15) is 18.3 Å². The Hall–Kier alpha value is -2.85. The lowest BCUT2D eigenvalue weighted by molar-refractivity contribution is -0.266. The average Bonchev–Trinajstić information content (AvgIpc) is 3.49. The van der Waals surface area contributed by atoms with Gasteiger partial charge in [-0.25, -0.2) is 9.97 Å². The van der Waals surface area contributed by atoms with Crippen molar-refractivity contribution in [3.05, 3.63) is 48.4 Å². The molecule has 1 saturated heterocycles. The molecule has 4 N–H and O–H groups in total. The molecule has 2 aliphatic rings. The molecule has 1 aromatic carbocycles. The van der Waals surface area contributed by atoms with Gasteiger partial charge in [0.2, 0.25) is 0 Å². The summed E-state index contributed by atoms with van der Waals surface area (Å²) in [5.41, 5.74) is 2.25. The zero-order chi connectivity index (χ0) is 23.1. The SMILES string of the molecule is C=C(c1cc(N2CCC(O)(C(F)(F)F)CC2)ncn1)c1cc(OC2(C)CC2)ccc1NN. The summed E-state index contributed by atoms with van der Waals surface area (Å²) < 4.78 is 45.3. The van der Waals surface area contributed by atoms with Crippen molar-refractivity contribution >= 4 is 17.1 Å². The molecule has 1 aliphatic heterocycles. The van der Waals surface area contributed by atoms with E-state index in [-0.39, 0.29) is 18.7 Å². The fourth-order valence-corrected chi connectivity index (χ4v) is 3.74. The quantitative estimate of drug-likeness (QED) is 0.458. The zero-order valence-electron chi connectivity index (χ0n) is 17.7. The number of nitrogens with zero attached hydrogens (tertiary/aromatic N) is 3. The van der Waals surface area contributed by atoms with Crippen molar-refractivity contribution in [3.8, 4) is 5.75 Å². The van der Waals surface area contributed by atoms with Gasteiger partial charge in [0.25, 0.3) is 0 Å². The van der Waals surface area contributed by atoms with E-state index in [2.05, 4.69) is 22.0 Å². The van der Waals surface area contributed by atoms with Gasteiger partial charge < -0.3 is 20.2 Å². The van der Waals surface area contributed by atoms with Gasteiger partial charge in [0, 0.05) is 43.1 Å². The van der Waals surface area contributed by atoms with E-state index in [0.717, 1.165) is 12.8 Å². The molecule has 10 heteroatoms. The molecule has 0 unspecified atom stereocenters. The minimum absolute atomic E-state index is 0.0243. The molecule has 1 saturated carbocycles. The predicted molar refractivity (Wildman–Crippen MR) is 115 cm³/mol. The lowest BCUT2D eigenvalue weighted by atomic mass is 9.91. The predicted octanol–water partition coefficient (Wildman–Crippen LogP) is 3.65. The number of benzene rings is 1. The smallest absolute Gasteiger partial charge is 0.417 e. The molecule has 1 aliphatic carbocycles. The molecule has 0 spiro atoms. The van der Waals surface area contributed by atoms with Crippen molar-refractivity contribution in [2.24, 2.45) is 5.84 Å². The van der Waals surface area contributed by atoms with Crippen LogP contribution in [-0.4, -0.2) is 45.5 Å². The lowest BCUT2D eigenvalue weighted by Crippen LogP contribution is -2.53. The van der Waals surface area contributed by atoms with Crippen molar-refractivity contribution < 1.29 is 23.0 Å². The van der Waals surface area contributed by atoms with Gasteiger partial charge in [-0.1, -0.05) is 6.58 Å². The second-order valence-corrected chi connectivity index (χ2v) is 8.66. The molecule has 1 aromatic heterocycles. The minimum Gasteiger partial charge on any atom is -0.488 e. The van der Waals surface area contributed by atoms with Crippen LogP contribution in [0, 0.1) is 0 Å². The number of aromatic nitrogens is 2. The maximum atomic E-state index is 13.1. The number of aliphatic hydroxyl groups is 1. The summed E-state index contributed by atoms with van der Waals surface area (Å²) >= 11 is 0. The van der Waals surface area contributed by atoms with E-state index in [0.29, 0.717) is 34.1 Å². The number of halogens is 3. The molecule has 0 amide bonds. The number of hydrogen-bond donors (Lipinski definition) is 3. The highest BCUT2D eigenvalue weighted by molar-refractivity contribution is 5.84. The van der Waals surface area contributed by atoms with Gasteiger partial charge in [0.05, 0.1) is 11.4 Å². The Labute approximate surface area is 184 Å². The molecular weight excluding hydrogens is 423 g/mol. The Morgan fingerprint density at radius 1 is 1.19 bits per heavy atom. The summed E-state index contributed by atoms with van der Waals surface area (Å²) in [4.78, 5) is 10.2. The molecule has 7 nitrogen and oxygen atoms in total. The maximum absolute atomic E-state index is 13.1. The number of ether oxygens (including phenoxy) is 1. The molecule has 2 heterocycles. The molecule has 0 bridgehead atoms. The summed E-state index contributed by atoms with van der Waals surface area (Å²) in [5, 5.41) is 9.90. The number of hydrogen-bond acceptors (Lipinski definition) is 7. The fourth-order valence-electron chi connectivity index (χ4n) is 3.74. The fraction of sp³-hybridized carbons (Fsp3) is 0.455. The molecule has 2 aromatic rings. The molecule has 0 atom stereocenters. The summed E-state index contributed by atoms with van der Waals surface area (Å²) in [6.07, 6.45) is -2.15. The van der Waals surface area contributed by atoms with E-state index in [1.165, 1.54) is 6.33 Å². The first kappa shape index (κ1) is 22.3. The van der Waals surface area contributed by atoms with Gasteiger partial charge in [-0.05, 0) is 38.0 Å². The van der Waals surface area contributed by atoms with Crippen LogP contribution >= 0.6 is 0 Å². The number of piperidine rings is 1. The van der Waals surface area contributed by atoms with Crippen LogP contribution in [-0.2, 0) is 0 Å². The van der Waals surface area contributed by atoms with E-state index in [1.807, 2.05) is 19.1 Å². The summed E-state index contributed by atoms with van der Waals surface area (Å²) in [6, 6.07) is 7.15. The first-order valence-electron chi connectivity index (χ1n) is 10.4. The van der Waals surface area contributed by atoms with Gasteiger partial charge in [-0.15, -0.1) is 0 Å². The van der Waals surface area contributed by atoms with Crippen LogP contribution in [0.3, 0.4) is 0 Å². The van der Waals surface area contributed by atoms with Crippen LogP contribution in [0.15, 0.2) is 37.2 Å². The Balaban J connectivity index is 1.55. The van der Waals surface area contributed by atoms with Crippen molar-refractivity contribution in [2.45, 2.75) is 50.0 Å². The zero-order valence-corrected chi connectivity index (χ0v) is 17.7. The second kappa shape index (κ2) is 7.93. The number of nitrogens with one attached hydrogen (secondary N) is 1. The van der Waals surface area contributed by atoms with Gasteiger partial charge in [0.1, 0.15) is 23.5 Å². The van der Waals surface area contributed by atoms with Crippen LogP contribution in [0.4, 0.5) is 24.7 Å². The van der Waals surface area contributed by atoms with Gasteiger partial charge in [-0.2, -0.15) is 13.2 Å². The maximum Gasteiger partial charge on any atom is 0.417 e. The molecule has 172 valence electrons. The lowest BCUT2D eigenvalue weighted by Gasteiger charge is -2.39. The molecular formula is C22H26F3N5O2. The number of rotatable bonds is 6. The van der Waals surface area contributed by atoms with Crippen LogP contribution in [0.2, 0.25) is 0 Å². The van der Waals surface area contributed by atoms with Gasteiger partial charge >= 0.3 is 6.18 Å². The highest BCUT2D eigenvalue weighted by Gasteiger charge is 2.54. The number of anilines is 2. The van der Waals surface area contributed by atoms with Crippen LogP contribution in [0.5, 0.6) is 5.75 Å². The largest absolute Gasteiger partial charge is 0.488 e. The first-order valence-corrected chi connectivity index (χ1v) is 10.4. The second-order valence-electron chi connectivity index (χ2n) is 8.66. The van der Waals surface area contributed by atoms with E-state index < -0.39 is 24.6 Å². The minimum atomic E-state index is -4.65. The van der Waals surface area contributed by atoms with Crippen LogP contribution in [0.25, 0.3) is 5.57 Å². The summed E-state index contributed by atoms with van der Waals surface area (Å²) in [5.74, 6) is 6.84. The standard InChI is InChI=1S/C22H26F3N5O2/c1-14(16-11-15(3-4-17(16)29-26)32-20(2)5-6-20)18-12-19(28-13-27-18)30-9-7-21(31,8-10-30)22(23,24)25/h3-4,11-13,29,31H,1,5-10,26H2,2H3. The monoisotopic (exact) mass is 449 g/mol. The topological polar surface area (TPSA) is 96.5 Å². The number of alkyl halides is 3. The highest BCUT2D eigenvalue weighted by Crippen LogP contribution is 2.42. The Morgan fingerprint density at radius 2 is 1.88 bits per heavy atom. The number of nitrogens with two attached hydrogens (primary N) is 1. The van der Waals surface area contributed by atoms with Crippen LogP contribution < -0.4 is 20.9 Å². The average molecular weight is 449 g/mol. The third-order valence-corrected chi connectivity index (χ3v) is 6.19. The molecule has 4 rings (SSSR count). The molecule has 2 fully saturated rings. The van der Waals surface area contributed by atoms with E-state index in [1.54, 1.807) is 17.0 Å². The van der Waals surface area contributed by atoms with Crippen LogP contribution in [0.1, 0.15) is 43.9 Å². The third-order valence-electron chi connectivity index (χ3n) is 6.19. The third kappa shape index (κ3) is 4.37. The van der Waals surface area contributed by atoms with Crippen molar-refractivity contribution in [1.29, 1.82) is 0 Å². The normalized spacial score (nSPS) is 19.4. The number of nitrogen functional groups attached to an aromatic ring is 1. The van der Waals surface area contributed by atoms with Gasteiger partial charge in [-0.3, -0.25) is 5.84 Å². The first-order chi connectivity index (χ1) is 15.0. The molecule has 0 radical (unpaired) electrons. The van der Waals surface area contributed by atoms with Crippen molar-refractivity contribution in [2.75, 3.05) is 23.4 Å². The highest BCUT2D eigenvalue weighted by atomic mass is 19.4. The van der Waals surface area contributed by atoms with Crippen molar-refractivity contribution in [1.82, 2.24) is 9.97 Å². The van der Waals surface area contributed by atoms with E-state index in [4.69, 9.17) is 10.6 Å². The Bertz CT molecular complexity index is 1010. The summed E-state index contributed by atoms with van der Waals surface area (Å²) in [7, 11) is 0. The van der Waals surface area contributed by atoms with E-state index >= 15 is 0 Å².